The molecule has 2 aromatic rings. The molecule has 0 fully saturated rings. The van der Waals surface area contributed by atoms with Gasteiger partial charge in [0.05, 0.1) is 26.8 Å². The second-order valence-electron chi connectivity index (χ2n) is 4.30. The Morgan fingerprint density at radius 2 is 1.83 bits per heavy atom. The molecule has 1 N–H and O–H groups in total. The highest BCUT2D eigenvalue weighted by atomic mass is 35.5. The highest BCUT2D eigenvalue weighted by molar-refractivity contribution is 6.45. The summed E-state index contributed by atoms with van der Waals surface area (Å²) in [6, 6.07) is 1.64. The predicted molar refractivity (Wildman–Crippen MR) is 78.2 cm³/mol. The van der Waals surface area contributed by atoms with E-state index in [1.54, 1.807) is 0 Å². The van der Waals surface area contributed by atoms with E-state index in [2.05, 4.69) is 5.10 Å². The average molecular weight is 409 g/mol. The van der Waals surface area contributed by atoms with E-state index in [1.165, 1.54) is 0 Å². The normalized spacial score (nSPS) is 11.9. The van der Waals surface area contributed by atoms with Crippen LogP contribution < -0.4 is 5.32 Å². The van der Waals surface area contributed by atoms with Crippen LogP contribution in [0.5, 0.6) is 0 Å². The Morgan fingerprint density at radius 3 is 2.38 bits per heavy atom. The fourth-order valence-corrected chi connectivity index (χ4v) is 2.61. The van der Waals surface area contributed by atoms with Gasteiger partial charge in [0.2, 0.25) is 0 Å². The summed E-state index contributed by atoms with van der Waals surface area (Å²) in [4.78, 5) is 11.1. The lowest BCUT2D eigenvalue weighted by atomic mass is 10.2. The summed E-state index contributed by atoms with van der Waals surface area (Å²) < 4.78 is 64.0. The van der Waals surface area contributed by atoms with Crippen molar-refractivity contribution in [1.29, 1.82) is 0 Å². The zero-order valence-electron chi connectivity index (χ0n) is 11.1. The summed E-state index contributed by atoms with van der Waals surface area (Å²) >= 11 is 17.3. The highest BCUT2D eigenvalue weighted by Gasteiger charge is 2.36. The molecular weight excluding hydrogens is 404 g/mol. The third-order valence-corrected chi connectivity index (χ3v) is 3.89. The molecule has 4 nitrogen and oxygen atoms in total. The summed E-state index contributed by atoms with van der Waals surface area (Å²) in [6.45, 7) is 0. The number of carbonyl (C=O) groups is 1. The van der Waals surface area contributed by atoms with Gasteiger partial charge in [-0.25, -0.2) is 4.68 Å². The summed E-state index contributed by atoms with van der Waals surface area (Å²) in [7, 11) is 0. The van der Waals surface area contributed by atoms with E-state index in [1.807, 2.05) is 5.32 Å². The van der Waals surface area contributed by atoms with Crippen LogP contribution in [0, 0.1) is 0 Å². The van der Waals surface area contributed by atoms with E-state index in [9.17, 15) is 26.7 Å². The molecule has 1 amide bonds. The van der Waals surface area contributed by atoms with Crippen molar-refractivity contribution >= 4 is 46.5 Å². The van der Waals surface area contributed by atoms with Crippen molar-refractivity contribution in [3.63, 3.8) is 0 Å². The third kappa shape index (κ3) is 3.57. The lowest BCUT2D eigenvalue weighted by molar-refractivity contribution is -0.137. The van der Waals surface area contributed by atoms with E-state index in [4.69, 9.17) is 34.8 Å². The van der Waals surface area contributed by atoms with Crippen molar-refractivity contribution < 1.29 is 26.7 Å². The van der Waals surface area contributed by atoms with Gasteiger partial charge in [-0.3, -0.25) is 4.79 Å². The standard InChI is InChI=1S/C12H5Cl3F5N3O/c13-5-3-4(12(18,19)20)7(14)8(15)9(5)23-6(1-2-21-23)22-11(24)10(16)17/h1-3,10H,(H,22,24). The second-order valence-corrected chi connectivity index (χ2v) is 5.46. The van der Waals surface area contributed by atoms with Gasteiger partial charge in [0.15, 0.2) is 0 Å². The maximum atomic E-state index is 12.9. The molecule has 1 aromatic heterocycles. The first-order chi connectivity index (χ1) is 11.0. The molecule has 0 radical (unpaired) electrons. The number of nitrogens with one attached hydrogen (secondary N) is 1. The molecule has 0 unspecified atom stereocenters. The van der Waals surface area contributed by atoms with E-state index >= 15 is 0 Å². The van der Waals surface area contributed by atoms with Crippen LogP contribution in [0.4, 0.5) is 27.8 Å². The number of alkyl halides is 5. The van der Waals surface area contributed by atoms with Crippen LogP contribution in [0.15, 0.2) is 18.3 Å². The van der Waals surface area contributed by atoms with Crippen molar-refractivity contribution in [3.05, 3.63) is 39.0 Å². The number of anilines is 1. The third-order valence-electron chi connectivity index (χ3n) is 2.74. The van der Waals surface area contributed by atoms with Crippen molar-refractivity contribution in [3.8, 4) is 5.69 Å². The van der Waals surface area contributed by atoms with Gasteiger partial charge < -0.3 is 5.32 Å². The number of rotatable bonds is 3. The molecule has 0 atom stereocenters. The zero-order valence-corrected chi connectivity index (χ0v) is 13.4. The van der Waals surface area contributed by atoms with Gasteiger partial charge >= 0.3 is 12.6 Å². The Morgan fingerprint density at radius 1 is 1.21 bits per heavy atom. The number of aromatic nitrogens is 2. The number of hydrogen-bond donors (Lipinski definition) is 1. The van der Waals surface area contributed by atoms with Crippen molar-refractivity contribution in [2.24, 2.45) is 0 Å². The van der Waals surface area contributed by atoms with Gasteiger partial charge in [0, 0.05) is 6.07 Å². The summed E-state index contributed by atoms with van der Waals surface area (Å²) in [5.41, 5.74) is -1.57. The van der Waals surface area contributed by atoms with Crippen LogP contribution in [0.3, 0.4) is 0 Å². The molecule has 0 saturated carbocycles. The van der Waals surface area contributed by atoms with Crippen LogP contribution >= 0.6 is 34.8 Å². The molecule has 0 aliphatic rings. The zero-order chi connectivity index (χ0) is 18.2. The number of halogens is 8. The first-order valence-electron chi connectivity index (χ1n) is 5.92. The number of hydrogen-bond acceptors (Lipinski definition) is 2. The maximum Gasteiger partial charge on any atom is 0.417 e. The molecule has 12 heteroatoms. The number of benzene rings is 1. The first-order valence-corrected chi connectivity index (χ1v) is 7.05. The predicted octanol–water partition coefficient (Wildman–Crippen LogP) is 5.05. The molecular formula is C12H5Cl3F5N3O. The molecule has 0 aliphatic carbocycles. The van der Waals surface area contributed by atoms with Gasteiger partial charge in [-0.1, -0.05) is 34.8 Å². The maximum absolute atomic E-state index is 12.9. The summed E-state index contributed by atoms with van der Waals surface area (Å²) in [6.07, 6.45) is -7.02. The van der Waals surface area contributed by atoms with E-state index in [0.29, 0.717) is 6.07 Å². The van der Waals surface area contributed by atoms with Crippen LogP contribution in [0.2, 0.25) is 15.1 Å². The molecule has 130 valence electrons. The average Bonchev–Trinajstić information content (AvgIpc) is 2.89. The molecule has 1 aromatic carbocycles. The first kappa shape index (κ1) is 18.8. The van der Waals surface area contributed by atoms with Crippen molar-refractivity contribution in [1.82, 2.24) is 9.78 Å². The topological polar surface area (TPSA) is 46.9 Å². The van der Waals surface area contributed by atoms with Gasteiger partial charge in [-0.05, 0) is 6.07 Å². The van der Waals surface area contributed by atoms with E-state index < -0.39 is 39.1 Å². The molecule has 2 rings (SSSR count). The minimum atomic E-state index is -4.81. The highest BCUT2D eigenvalue weighted by Crippen LogP contribution is 2.44. The molecule has 0 bridgehead atoms. The lowest BCUT2D eigenvalue weighted by Gasteiger charge is -2.16. The quantitative estimate of drug-likeness (QED) is 0.570. The summed E-state index contributed by atoms with van der Waals surface area (Å²) in [5, 5.41) is 3.60. The van der Waals surface area contributed by atoms with Crippen LogP contribution in [-0.4, -0.2) is 22.1 Å². The van der Waals surface area contributed by atoms with Crippen molar-refractivity contribution in [2.75, 3.05) is 5.32 Å². The minimum Gasteiger partial charge on any atom is -0.306 e. The smallest absolute Gasteiger partial charge is 0.306 e. The molecule has 1 heterocycles. The molecule has 0 spiro atoms. The number of carbonyl (C=O) groups excluding carboxylic acids is 1. The Kier molecular flexibility index (Phi) is 5.26. The molecule has 24 heavy (non-hydrogen) atoms. The number of nitrogens with zero attached hydrogens (tertiary/aromatic N) is 2. The van der Waals surface area contributed by atoms with E-state index in [-0.39, 0.29) is 11.5 Å². The minimum absolute atomic E-state index is 0.278. The number of amides is 1. The second kappa shape index (κ2) is 6.73. The monoisotopic (exact) mass is 407 g/mol. The fraction of sp³-hybridized carbons (Fsp3) is 0.167. The van der Waals surface area contributed by atoms with Crippen LogP contribution in [0.1, 0.15) is 5.56 Å². The summed E-state index contributed by atoms with van der Waals surface area (Å²) in [5.74, 6) is -1.91. The Balaban J connectivity index is 2.58. The Labute approximate surface area is 146 Å². The fourth-order valence-electron chi connectivity index (χ4n) is 1.74. The molecule has 0 aliphatic heterocycles. The van der Waals surface area contributed by atoms with Gasteiger partial charge in [-0.2, -0.15) is 27.1 Å². The van der Waals surface area contributed by atoms with Crippen LogP contribution in [0.25, 0.3) is 5.69 Å². The van der Waals surface area contributed by atoms with Gasteiger partial charge in [0.25, 0.3) is 5.91 Å². The largest absolute Gasteiger partial charge is 0.417 e. The van der Waals surface area contributed by atoms with Crippen molar-refractivity contribution in [2.45, 2.75) is 12.6 Å². The SMILES string of the molecule is O=C(Nc1ccnn1-c1c(Cl)cc(C(F)(F)F)c(Cl)c1Cl)C(F)F. The van der Waals surface area contributed by atoms with E-state index in [0.717, 1.165) is 16.9 Å². The van der Waals surface area contributed by atoms with Gasteiger partial charge in [-0.15, -0.1) is 0 Å². The lowest BCUT2D eigenvalue weighted by Crippen LogP contribution is -2.22. The Hall–Kier alpha value is -1.58. The van der Waals surface area contributed by atoms with Crippen LogP contribution in [-0.2, 0) is 11.0 Å². The van der Waals surface area contributed by atoms with Gasteiger partial charge in [0.1, 0.15) is 11.5 Å². The Bertz CT molecular complexity index is 791. The molecule has 0 saturated heterocycles.